The highest BCUT2D eigenvalue weighted by Crippen LogP contribution is 2.48. The van der Waals surface area contributed by atoms with E-state index in [4.69, 9.17) is 0 Å². The fourth-order valence-electron chi connectivity index (χ4n) is 10.4. The van der Waals surface area contributed by atoms with E-state index in [9.17, 15) is 0 Å². The number of rotatable bonds is 10. The monoisotopic (exact) mass is 922 g/mol. The highest BCUT2D eigenvalue weighted by atomic mass is 32.1. The number of para-hydroxylation sites is 1. The summed E-state index contributed by atoms with van der Waals surface area (Å²) in [5.74, 6) is 0. The molecule has 0 N–H and O–H groups in total. The summed E-state index contributed by atoms with van der Waals surface area (Å²) in [5, 5.41) is 7.52. The van der Waals surface area contributed by atoms with E-state index in [2.05, 4.69) is 289 Å². The summed E-state index contributed by atoms with van der Waals surface area (Å²) in [6.07, 6.45) is 0. The Labute approximate surface area is 418 Å². The maximum absolute atomic E-state index is 2.45. The minimum absolute atomic E-state index is 1.08. The molecule has 1 heterocycles. The fraction of sp³-hybridized carbons (Fsp3) is 0. The number of nitrogens with zero attached hydrogens (tertiary/aromatic N) is 2. The van der Waals surface area contributed by atoms with Crippen molar-refractivity contribution in [3.05, 3.63) is 279 Å². The van der Waals surface area contributed by atoms with Crippen LogP contribution >= 0.6 is 11.3 Å². The average molecular weight is 923 g/mol. The van der Waals surface area contributed by atoms with E-state index < -0.39 is 0 Å². The van der Waals surface area contributed by atoms with Gasteiger partial charge in [0.15, 0.2) is 0 Å². The molecule has 0 aliphatic rings. The van der Waals surface area contributed by atoms with Crippen LogP contribution in [0.5, 0.6) is 0 Å². The Morgan fingerprint density at radius 2 is 0.732 bits per heavy atom. The smallest absolute Gasteiger partial charge is 0.0640 e. The van der Waals surface area contributed by atoms with E-state index in [0.717, 1.165) is 45.3 Å². The third-order valence-electron chi connectivity index (χ3n) is 13.8. The Balaban J connectivity index is 0.957. The Kier molecular flexibility index (Phi) is 10.8. The second-order valence-corrected chi connectivity index (χ2v) is 19.1. The van der Waals surface area contributed by atoms with Crippen LogP contribution in [0.15, 0.2) is 279 Å². The molecule has 0 amide bonds. The maximum atomic E-state index is 2.45. The summed E-state index contributed by atoms with van der Waals surface area (Å²) in [6.45, 7) is 0. The molecule has 1 aromatic heterocycles. The lowest BCUT2D eigenvalue weighted by Crippen LogP contribution is -2.12. The van der Waals surface area contributed by atoms with Gasteiger partial charge in [-0.1, -0.05) is 206 Å². The predicted octanol–water partition coefficient (Wildman–Crippen LogP) is 20.0. The molecule has 13 rings (SSSR count). The van der Waals surface area contributed by atoms with Gasteiger partial charge in [0.05, 0.1) is 16.1 Å². The van der Waals surface area contributed by atoms with Crippen molar-refractivity contribution >= 4 is 87.2 Å². The maximum Gasteiger partial charge on any atom is 0.0640 e. The van der Waals surface area contributed by atoms with E-state index in [1.165, 1.54) is 75.1 Å². The van der Waals surface area contributed by atoms with Gasteiger partial charge in [-0.2, -0.15) is 0 Å². The zero-order valence-corrected chi connectivity index (χ0v) is 39.7. The Morgan fingerprint density at radius 1 is 0.239 bits per heavy atom. The number of hydrogen-bond acceptors (Lipinski definition) is 3. The summed E-state index contributed by atoms with van der Waals surface area (Å²) in [4.78, 5) is 4.86. The molecule has 0 atom stereocenters. The molecule has 0 fully saturated rings. The van der Waals surface area contributed by atoms with Crippen LogP contribution in [-0.2, 0) is 0 Å². The molecule has 71 heavy (non-hydrogen) atoms. The zero-order chi connectivity index (χ0) is 47.1. The molecule has 0 saturated carbocycles. The summed E-state index contributed by atoms with van der Waals surface area (Å²) in [6, 6.07) is 102. The number of hydrogen-bond donors (Lipinski definition) is 0. The molecule has 0 radical (unpaired) electrons. The van der Waals surface area contributed by atoms with Gasteiger partial charge in [-0.05, 0) is 133 Å². The van der Waals surface area contributed by atoms with Crippen molar-refractivity contribution < 1.29 is 0 Å². The van der Waals surface area contributed by atoms with E-state index in [0.29, 0.717) is 0 Å². The van der Waals surface area contributed by atoms with Gasteiger partial charge in [0, 0.05) is 43.8 Å². The topological polar surface area (TPSA) is 6.48 Å². The molecule has 0 aliphatic heterocycles. The summed E-state index contributed by atoms with van der Waals surface area (Å²) in [5.41, 5.74) is 16.0. The highest BCUT2D eigenvalue weighted by Gasteiger charge is 2.22. The number of fused-ring (bicyclic) bond motifs is 5. The van der Waals surface area contributed by atoms with Crippen molar-refractivity contribution in [3.8, 4) is 44.5 Å². The summed E-state index contributed by atoms with van der Waals surface area (Å²) >= 11 is 1.86. The van der Waals surface area contributed by atoms with Gasteiger partial charge in [0.1, 0.15) is 0 Å². The lowest BCUT2D eigenvalue weighted by atomic mass is 9.97. The minimum Gasteiger partial charge on any atom is -0.310 e. The van der Waals surface area contributed by atoms with Crippen molar-refractivity contribution in [2.24, 2.45) is 0 Å². The van der Waals surface area contributed by atoms with Crippen molar-refractivity contribution in [3.63, 3.8) is 0 Å². The average Bonchev–Trinajstić information content (AvgIpc) is 3.83. The quantitative estimate of drug-likeness (QED) is 0.135. The van der Waals surface area contributed by atoms with E-state index in [-0.39, 0.29) is 0 Å². The molecule has 2 nitrogen and oxygen atoms in total. The largest absolute Gasteiger partial charge is 0.310 e. The van der Waals surface area contributed by atoms with Gasteiger partial charge in [-0.15, -0.1) is 11.3 Å². The first-order chi connectivity index (χ1) is 35.2. The minimum atomic E-state index is 1.08. The van der Waals surface area contributed by atoms with Gasteiger partial charge in [0.25, 0.3) is 0 Å². The van der Waals surface area contributed by atoms with Crippen LogP contribution in [0, 0.1) is 0 Å². The Morgan fingerprint density at radius 3 is 1.54 bits per heavy atom. The molecule has 0 saturated heterocycles. The second kappa shape index (κ2) is 18.1. The lowest BCUT2D eigenvalue weighted by molar-refractivity contribution is 1.28. The van der Waals surface area contributed by atoms with E-state index in [1.807, 2.05) is 11.3 Å². The molecule has 0 aliphatic carbocycles. The third kappa shape index (κ3) is 7.89. The Hall–Kier alpha value is -9.02. The van der Waals surface area contributed by atoms with Gasteiger partial charge >= 0.3 is 0 Å². The summed E-state index contributed by atoms with van der Waals surface area (Å²) in [7, 11) is 0. The molecular weight excluding hydrogens is 877 g/mol. The van der Waals surface area contributed by atoms with Crippen molar-refractivity contribution in [1.29, 1.82) is 0 Å². The van der Waals surface area contributed by atoms with E-state index >= 15 is 0 Å². The predicted molar refractivity (Wildman–Crippen MR) is 305 cm³/mol. The van der Waals surface area contributed by atoms with Gasteiger partial charge < -0.3 is 9.80 Å². The summed E-state index contributed by atoms with van der Waals surface area (Å²) < 4.78 is 2.54. The van der Waals surface area contributed by atoms with Crippen LogP contribution in [0.2, 0.25) is 0 Å². The number of thiophene rings is 1. The molecule has 0 spiro atoms. The van der Waals surface area contributed by atoms with Gasteiger partial charge in [-0.25, -0.2) is 0 Å². The third-order valence-corrected chi connectivity index (χ3v) is 15.0. The highest BCUT2D eigenvalue weighted by molar-refractivity contribution is 7.26. The van der Waals surface area contributed by atoms with Crippen molar-refractivity contribution in [1.82, 2.24) is 0 Å². The molecule has 0 unspecified atom stereocenters. The molecule has 13 aromatic rings. The lowest BCUT2D eigenvalue weighted by Gasteiger charge is -2.29. The molecule has 3 heteroatoms. The van der Waals surface area contributed by atoms with Gasteiger partial charge in [-0.3, -0.25) is 0 Å². The van der Waals surface area contributed by atoms with Crippen LogP contribution in [0.1, 0.15) is 0 Å². The standard InChI is InChI=1S/C68H46N2S/c1-2-16-47(17-3-1)53-22-12-24-58(45-53)70(66-32-15-30-64-63-28-9-11-33-67(63)71-68(64)66)59-25-13-23-55(46-59)62-27-8-10-31-65(62)69(56-40-36-49(37-41-56)54-35-34-48-18-4-5-20-52(48)44-54)57-42-38-51(39-43-57)61-29-14-21-50-19-6-7-26-60(50)61/h1-46H. The molecule has 0 bridgehead atoms. The molecular formula is C68H46N2S. The van der Waals surface area contributed by atoms with Crippen LogP contribution in [-0.4, -0.2) is 0 Å². The van der Waals surface area contributed by atoms with Crippen molar-refractivity contribution in [2.45, 2.75) is 0 Å². The SMILES string of the molecule is c1ccc(-c2cccc(N(c3cccc(-c4ccccc4N(c4ccc(-c5ccc6ccccc6c5)cc4)c4ccc(-c5cccc6ccccc56)cc4)c3)c3cccc4c3sc3ccccc34)c2)cc1. The second-order valence-electron chi connectivity index (χ2n) is 18.1. The zero-order valence-electron chi connectivity index (χ0n) is 38.9. The Bertz CT molecular complexity index is 4050. The number of anilines is 6. The van der Waals surface area contributed by atoms with Crippen molar-refractivity contribution in [2.75, 3.05) is 9.80 Å². The first kappa shape index (κ1) is 42.1. The first-order valence-electron chi connectivity index (χ1n) is 24.2. The van der Waals surface area contributed by atoms with E-state index in [1.54, 1.807) is 0 Å². The molecule has 334 valence electrons. The number of benzene rings is 12. The molecule has 12 aromatic carbocycles. The normalized spacial score (nSPS) is 11.4. The van der Waals surface area contributed by atoms with Crippen LogP contribution in [0.4, 0.5) is 34.1 Å². The van der Waals surface area contributed by atoms with Crippen LogP contribution in [0.3, 0.4) is 0 Å². The fourth-order valence-corrected chi connectivity index (χ4v) is 11.6. The first-order valence-corrected chi connectivity index (χ1v) is 25.0. The van der Waals surface area contributed by atoms with Gasteiger partial charge in [0.2, 0.25) is 0 Å². The van der Waals surface area contributed by atoms with Crippen LogP contribution < -0.4 is 9.80 Å². The van der Waals surface area contributed by atoms with Crippen LogP contribution in [0.25, 0.3) is 86.2 Å².